The maximum Gasteiger partial charge on any atom is 0.329 e. The number of likely N-dealkylation sites (N-methyl/N-ethyl adjacent to an activating group) is 1. The molecule has 0 aliphatic heterocycles. The Labute approximate surface area is 97.5 Å². The first-order chi connectivity index (χ1) is 7.65. The fraction of sp³-hybridized carbons (Fsp3) is 0.100. The van der Waals surface area contributed by atoms with Crippen molar-refractivity contribution < 1.29 is 9.59 Å². The molecule has 0 aliphatic rings. The number of carbonyl (C=O) groups excluding carboxylic acids is 2. The number of nitrogens with zero attached hydrogens (tertiary/aromatic N) is 1. The Morgan fingerprint density at radius 3 is 2.62 bits per heavy atom. The Morgan fingerprint density at radius 2 is 2.00 bits per heavy atom. The standard InChI is InChI=1S/C10H10ClN3O2/c1-12-9(15)10(16)14-13-6-7-4-2-3-5-8(7)11/h2-6H,1H3,(H,12,15)(H,14,16)/b13-6-. The van der Waals surface area contributed by atoms with Gasteiger partial charge in [-0.25, -0.2) is 5.43 Å². The molecule has 84 valence electrons. The SMILES string of the molecule is CNC(=O)C(=O)N/N=C\c1ccccc1Cl. The second kappa shape index (κ2) is 5.87. The highest BCUT2D eigenvalue weighted by Gasteiger charge is 2.08. The zero-order chi connectivity index (χ0) is 12.0. The first-order valence-electron chi connectivity index (χ1n) is 4.45. The number of nitrogens with one attached hydrogen (secondary N) is 2. The minimum Gasteiger partial charge on any atom is -0.351 e. The maximum absolute atomic E-state index is 11.0. The minimum absolute atomic E-state index is 0.514. The molecule has 5 nitrogen and oxygen atoms in total. The largest absolute Gasteiger partial charge is 0.351 e. The van der Waals surface area contributed by atoms with Gasteiger partial charge in [0.1, 0.15) is 0 Å². The molecule has 1 aromatic carbocycles. The number of hydrogen-bond donors (Lipinski definition) is 2. The molecule has 0 unspecified atom stereocenters. The highest BCUT2D eigenvalue weighted by Crippen LogP contribution is 2.11. The summed E-state index contributed by atoms with van der Waals surface area (Å²) in [4.78, 5) is 21.8. The molecule has 0 bridgehead atoms. The maximum atomic E-state index is 11.0. The van der Waals surface area contributed by atoms with Gasteiger partial charge < -0.3 is 5.32 Å². The van der Waals surface area contributed by atoms with Crippen molar-refractivity contribution >= 4 is 29.6 Å². The van der Waals surface area contributed by atoms with Gasteiger partial charge >= 0.3 is 11.8 Å². The van der Waals surface area contributed by atoms with Crippen LogP contribution in [0, 0.1) is 0 Å². The number of amides is 2. The van der Waals surface area contributed by atoms with E-state index < -0.39 is 11.8 Å². The molecular formula is C10H10ClN3O2. The number of halogens is 1. The van der Waals surface area contributed by atoms with Gasteiger partial charge in [-0.15, -0.1) is 0 Å². The molecule has 0 radical (unpaired) electrons. The smallest absolute Gasteiger partial charge is 0.329 e. The molecule has 6 heteroatoms. The lowest BCUT2D eigenvalue weighted by Gasteiger charge is -1.98. The van der Waals surface area contributed by atoms with E-state index in [0.29, 0.717) is 10.6 Å². The Kier molecular flexibility index (Phi) is 4.47. The average Bonchev–Trinajstić information content (AvgIpc) is 2.30. The number of carbonyl (C=O) groups is 2. The summed E-state index contributed by atoms with van der Waals surface area (Å²) in [5.74, 6) is -1.58. The number of benzene rings is 1. The van der Waals surface area contributed by atoms with E-state index in [1.54, 1.807) is 24.3 Å². The van der Waals surface area contributed by atoms with E-state index in [-0.39, 0.29) is 0 Å². The van der Waals surface area contributed by atoms with E-state index in [4.69, 9.17) is 11.6 Å². The van der Waals surface area contributed by atoms with Gasteiger partial charge in [0.25, 0.3) is 0 Å². The van der Waals surface area contributed by atoms with E-state index in [1.165, 1.54) is 13.3 Å². The summed E-state index contributed by atoms with van der Waals surface area (Å²) in [6.45, 7) is 0. The van der Waals surface area contributed by atoms with Crippen molar-refractivity contribution in [2.24, 2.45) is 5.10 Å². The van der Waals surface area contributed by atoms with Crippen molar-refractivity contribution in [3.8, 4) is 0 Å². The van der Waals surface area contributed by atoms with Gasteiger partial charge in [-0.1, -0.05) is 29.8 Å². The van der Waals surface area contributed by atoms with Crippen molar-refractivity contribution in [2.75, 3.05) is 7.05 Å². The quantitative estimate of drug-likeness (QED) is 0.449. The van der Waals surface area contributed by atoms with Crippen molar-refractivity contribution in [3.05, 3.63) is 34.9 Å². The zero-order valence-corrected chi connectivity index (χ0v) is 9.28. The molecule has 1 aromatic rings. The predicted octanol–water partition coefficient (Wildman–Crippen LogP) is 0.536. The van der Waals surface area contributed by atoms with Gasteiger partial charge in [-0.3, -0.25) is 9.59 Å². The average molecular weight is 240 g/mol. The predicted molar refractivity (Wildman–Crippen MR) is 61.3 cm³/mol. The summed E-state index contributed by atoms with van der Waals surface area (Å²) in [5, 5.41) is 6.29. The van der Waals surface area contributed by atoms with Gasteiger partial charge in [0.2, 0.25) is 0 Å². The molecule has 16 heavy (non-hydrogen) atoms. The highest BCUT2D eigenvalue weighted by molar-refractivity contribution is 6.35. The molecule has 2 N–H and O–H groups in total. The molecule has 0 saturated carbocycles. The van der Waals surface area contributed by atoms with E-state index in [9.17, 15) is 9.59 Å². The van der Waals surface area contributed by atoms with Gasteiger partial charge in [-0.2, -0.15) is 5.10 Å². The Balaban J connectivity index is 2.59. The van der Waals surface area contributed by atoms with Gasteiger partial charge in [0.05, 0.1) is 6.21 Å². The molecule has 0 aliphatic carbocycles. The Bertz CT molecular complexity index is 432. The Hall–Kier alpha value is -1.88. The molecule has 2 amide bonds. The van der Waals surface area contributed by atoms with E-state index in [1.807, 2.05) is 0 Å². The summed E-state index contributed by atoms with van der Waals surface area (Å²) in [6, 6.07) is 7.00. The minimum atomic E-state index is -0.828. The van der Waals surface area contributed by atoms with Crippen molar-refractivity contribution in [1.82, 2.24) is 10.7 Å². The van der Waals surface area contributed by atoms with Gasteiger partial charge in [0, 0.05) is 17.6 Å². The first-order valence-corrected chi connectivity index (χ1v) is 4.82. The second-order valence-electron chi connectivity index (χ2n) is 2.80. The van der Waals surface area contributed by atoms with Crippen LogP contribution < -0.4 is 10.7 Å². The van der Waals surface area contributed by atoms with Crippen LogP contribution in [-0.4, -0.2) is 25.1 Å². The highest BCUT2D eigenvalue weighted by atomic mass is 35.5. The lowest BCUT2D eigenvalue weighted by atomic mass is 10.2. The van der Waals surface area contributed by atoms with Gasteiger partial charge in [0.15, 0.2) is 0 Å². The normalized spacial score (nSPS) is 10.1. The van der Waals surface area contributed by atoms with Crippen LogP contribution in [0.2, 0.25) is 5.02 Å². The molecule has 0 heterocycles. The number of hydrogen-bond acceptors (Lipinski definition) is 3. The third-order valence-electron chi connectivity index (χ3n) is 1.71. The van der Waals surface area contributed by atoms with Crippen LogP contribution in [0.25, 0.3) is 0 Å². The van der Waals surface area contributed by atoms with E-state index in [0.717, 1.165) is 0 Å². The Morgan fingerprint density at radius 1 is 1.31 bits per heavy atom. The van der Waals surface area contributed by atoms with Gasteiger partial charge in [-0.05, 0) is 6.07 Å². The molecule has 0 aromatic heterocycles. The fourth-order valence-corrected chi connectivity index (χ4v) is 1.09. The topological polar surface area (TPSA) is 70.6 Å². The first kappa shape index (κ1) is 12.2. The van der Waals surface area contributed by atoms with Crippen molar-refractivity contribution in [2.45, 2.75) is 0 Å². The fourth-order valence-electron chi connectivity index (χ4n) is 0.905. The summed E-state index contributed by atoms with van der Waals surface area (Å²) < 4.78 is 0. The van der Waals surface area contributed by atoms with Crippen LogP contribution in [0.15, 0.2) is 29.4 Å². The van der Waals surface area contributed by atoms with Crippen LogP contribution >= 0.6 is 11.6 Å². The number of rotatable bonds is 2. The molecule has 1 rings (SSSR count). The molecule has 0 fully saturated rings. The van der Waals surface area contributed by atoms with E-state index >= 15 is 0 Å². The summed E-state index contributed by atoms with van der Waals surface area (Å²) in [6.07, 6.45) is 1.36. The van der Waals surface area contributed by atoms with Crippen molar-refractivity contribution in [3.63, 3.8) is 0 Å². The molecular weight excluding hydrogens is 230 g/mol. The molecule has 0 spiro atoms. The van der Waals surface area contributed by atoms with Crippen LogP contribution in [-0.2, 0) is 9.59 Å². The summed E-state index contributed by atoms with van der Waals surface area (Å²) in [5.41, 5.74) is 2.72. The monoisotopic (exact) mass is 239 g/mol. The summed E-state index contributed by atoms with van der Waals surface area (Å²) in [7, 11) is 1.36. The van der Waals surface area contributed by atoms with Crippen molar-refractivity contribution in [1.29, 1.82) is 0 Å². The van der Waals surface area contributed by atoms with Crippen LogP contribution in [0.3, 0.4) is 0 Å². The lowest BCUT2D eigenvalue weighted by molar-refractivity contribution is -0.138. The second-order valence-corrected chi connectivity index (χ2v) is 3.21. The summed E-state index contributed by atoms with van der Waals surface area (Å²) >= 11 is 5.85. The van der Waals surface area contributed by atoms with E-state index in [2.05, 4.69) is 15.8 Å². The lowest BCUT2D eigenvalue weighted by Crippen LogP contribution is -2.35. The molecule has 0 atom stereocenters. The van der Waals surface area contributed by atoms with Crippen LogP contribution in [0.5, 0.6) is 0 Å². The zero-order valence-electron chi connectivity index (χ0n) is 8.53. The number of hydrazone groups is 1. The van der Waals surface area contributed by atoms with Crippen LogP contribution in [0.4, 0.5) is 0 Å². The van der Waals surface area contributed by atoms with Crippen LogP contribution in [0.1, 0.15) is 5.56 Å². The third-order valence-corrected chi connectivity index (χ3v) is 2.05. The molecule has 0 saturated heterocycles. The third kappa shape index (κ3) is 3.36.